The summed E-state index contributed by atoms with van der Waals surface area (Å²) in [7, 11) is 0. The summed E-state index contributed by atoms with van der Waals surface area (Å²) in [5.41, 5.74) is 0.455. The number of rotatable bonds is 7. The molecule has 6 nitrogen and oxygen atoms in total. The van der Waals surface area contributed by atoms with Crippen molar-refractivity contribution in [3.8, 4) is 0 Å². The largest absolute Gasteiger partial charge is 0.460 e. The van der Waals surface area contributed by atoms with Crippen molar-refractivity contribution in [2.45, 2.75) is 64.4 Å². The van der Waals surface area contributed by atoms with Crippen LogP contribution >= 0.6 is 0 Å². The van der Waals surface area contributed by atoms with Gasteiger partial charge in [-0.25, -0.2) is 4.79 Å². The molecule has 2 atom stereocenters. The number of carbonyl (C=O) groups is 2. The van der Waals surface area contributed by atoms with Crippen molar-refractivity contribution in [2.24, 2.45) is 0 Å². The Bertz CT molecular complexity index is 567. The number of alkyl carbamates (subject to hydrolysis) is 1. The van der Waals surface area contributed by atoms with Crippen LogP contribution in [0.1, 0.15) is 45.6 Å². The maximum atomic E-state index is 11.8. The third kappa shape index (κ3) is 7.13. The number of esters is 1. The molecule has 6 heteroatoms. The number of benzene rings is 1. The van der Waals surface area contributed by atoms with Crippen LogP contribution in [-0.4, -0.2) is 36.4 Å². The summed E-state index contributed by atoms with van der Waals surface area (Å²) >= 11 is 0. The lowest BCUT2D eigenvalue weighted by atomic mass is 9.89. The number of carbonyl (C=O) groups excluding carboxylic acids is 2. The van der Waals surface area contributed by atoms with Gasteiger partial charge in [0.05, 0.1) is 25.2 Å². The van der Waals surface area contributed by atoms with Crippen LogP contribution in [0.5, 0.6) is 0 Å². The topological polar surface area (TPSA) is 73.9 Å². The van der Waals surface area contributed by atoms with E-state index in [4.69, 9.17) is 14.2 Å². The highest BCUT2D eigenvalue weighted by Crippen LogP contribution is 2.24. The number of amides is 1. The Balaban J connectivity index is 1.61. The molecule has 1 saturated carbocycles. The van der Waals surface area contributed by atoms with Crippen LogP contribution in [0.25, 0.3) is 0 Å². The van der Waals surface area contributed by atoms with E-state index in [0.29, 0.717) is 0 Å². The van der Waals surface area contributed by atoms with Gasteiger partial charge in [0.1, 0.15) is 12.2 Å². The molecule has 1 N–H and O–H groups in total. The average molecular weight is 349 g/mol. The molecular weight excluding hydrogens is 322 g/mol. The first-order valence-corrected chi connectivity index (χ1v) is 8.64. The van der Waals surface area contributed by atoms with E-state index in [1.807, 2.05) is 51.1 Å². The van der Waals surface area contributed by atoms with Crippen LogP contribution < -0.4 is 5.32 Å². The number of hydrogen-bond acceptors (Lipinski definition) is 5. The zero-order valence-electron chi connectivity index (χ0n) is 15.1. The molecular formula is C19H27NO5. The van der Waals surface area contributed by atoms with Gasteiger partial charge in [-0.2, -0.15) is 0 Å². The SMILES string of the molecule is CC(C)(C)OC(=O)CCOC1CCC1NC(=O)OCc1ccccc1. The Kier molecular flexibility index (Phi) is 6.82. The van der Waals surface area contributed by atoms with Crippen LogP contribution in [0.2, 0.25) is 0 Å². The molecule has 1 aliphatic rings. The minimum atomic E-state index is -0.486. The van der Waals surface area contributed by atoms with E-state index in [1.54, 1.807) is 0 Å². The summed E-state index contributed by atoms with van der Waals surface area (Å²) in [5, 5.41) is 2.81. The normalized spacial score (nSPS) is 19.6. The Hall–Kier alpha value is -2.08. The molecule has 1 amide bonds. The molecule has 0 aromatic heterocycles. The smallest absolute Gasteiger partial charge is 0.407 e. The lowest BCUT2D eigenvalue weighted by Gasteiger charge is -2.36. The fourth-order valence-electron chi connectivity index (χ4n) is 2.44. The molecule has 25 heavy (non-hydrogen) atoms. The third-order valence-corrected chi connectivity index (χ3v) is 3.79. The lowest BCUT2D eigenvalue weighted by molar-refractivity contribution is -0.157. The maximum absolute atomic E-state index is 11.8. The van der Waals surface area contributed by atoms with E-state index in [1.165, 1.54) is 0 Å². The fraction of sp³-hybridized carbons (Fsp3) is 0.579. The fourth-order valence-corrected chi connectivity index (χ4v) is 2.44. The second-order valence-electron chi connectivity index (χ2n) is 7.14. The van der Waals surface area contributed by atoms with Gasteiger partial charge in [-0.1, -0.05) is 30.3 Å². The highest BCUT2D eigenvalue weighted by atomic mass is 16.6. The van der Waals surface area contributed by atoms with E-state index in [-0.39, 0.29) is 37.7 Å². The predicted molar refractivity (Wildman–Crippen MR) is 93.0 cm³/mol. The van der Waals surface area contributed by atoms with Gasteiger partial charge >= 0.3 is 12.1 Å². The molecule has 0 spiro atoms. The third-order valence-electron chi connectivity index (χ3n) is 3.79. The summed E-state index contributed by atoms with van der Waals surface area (Å²) in [6.07, 6.45) is 1.38. The molecule has 1 aromatic rings. The van der Waals surface area contributed by atoms with Crippen LogP contribution in [0.3, 0.4) is 0 Å². The Morgan fingerprint density at radius 2 is 1.88 bits per heavy atom. The molecule has 0 bridgehead atoms. The predicted octanol–water partition coefficient (Wildman–Crippen LogP) is 3.19. The molecule has 0 heterocycles. The molecule has 0 saturated heterocycles. The van der Waals surface area contributed by atoms with Gasteiger partial charge in [-0.05, 0) is 39.2 Å². The molecule has 1 aliphatic carbocycles. The number of ether oxygens (including phenoxy) is 3. The van der Waals surface area contributed by atoms with E-state index in [9.17, 15) is 9.59 Å². The van der Waals surface area contributed by atoms with Gasteiger partial charge in [0.25, 0.3) is 0 Å². The molecule has 1 aromatic carbocycles. The van der Waals surface area contributed by atoms with Gasteiger partial charge in [-0.3, -0.25) is 4.79 Å². The first-order chi connectivity index (χ1) is 11.8. The monoisotopic (exact) mass is 349 g/mol. The zero-order valence-corrected chi connectivity index (χ0v) is 15.1. The van der Waals surface area contributed by atoms with Crippen molar-refractivity contribution in [3.63, 3.8) is 0 Å². The number of nitrogens with one attached hydrogen (secondary N) is 1. The Morgan fingerprint density at radius 3 is 2.48 bits per heavy atom. The summed E-state index contributed by atoms with van der Waals surface area (Å²) in [5.74, 6) is -0.279. The van der Waals surface area contributed by atoms with E-state index < -0.39 is 11.7 Å². The molecule has 0 radical (unpaired) electrons. The van der Waals surface area contributed by atoms with Gasteiger partial charge in [0.2, 0.25) is 0 Å². The minimum Gasteiger partial charge on any atom is -0.460 e. The lowest BCUT2D eigenvalue weighted by Crippen LogP contribution is -2.51. The molecule has 138 valence electrons. The second-order valence-corrected chi connectivity index (χ2v) is 7.14. The summed E-state index contributed by atoms with van der Waals surface area (Å²) in [4.78, 5) is 23.5. The van der Waals surface area contributed by atoms with E-state index in [0.717, 1.165) is 18.4 Å². The molecule has 0 aliphatic heterocycles. The maximum Gasteiger partial charge on any atom is 0.407 e. The van der Waals surface area contributed by atoms with Crippen molar-refractivity contribution < 1.29 is 23.8 Å². The standard InChI is InChI=1S/C19H27NO5/c1-19(2,3)25-17(21)11-12-23-16-10-9-15(16)20-18(22)24-13-14-7-5-4-6-8-14/h4-8,15-16H,9-13H2,1-3H3,(H,20,22). The molecule has 2 rings (SSSR count). The summed E-state index contributed by atoms with van der Waals surface area (Å²) < 4.78 is 16.1. The zero-order chi connectivity index (χ0) is 18.3. The highest BCUT2D eigenvalue weighted by Gasteiger charge is 2.33. The Morgan fingerprint density at radius 1 is 1.16 bits per heavy atom. The van der Waals surface area contributed by atoms with Gasteiger partial charge in [0.15, 0.2) is 0 Å². The minimum absolute atomic E-state index is 0.0677. The van der Waals surface area contributed by atoms with Gasteiger partial charge < -0.3 is 19.5 Å². The summed E-state index contributed by atoms with van der Waals surface area (Å²) in [6, 6.07) is 9.45. The first kappa shape index (κ1) is 19.2. The van der Waals surface area contributed by atoms with E-state index in [2.05, 4.69) is 5.32 Å². The van der Waals surface area contributed by atoms with Crippen LogP contribution in [0, 0.1) is 0 Å². The van der Waals surface area contributed by atoms with Crippen molar-refractivity contribution in [2.75, 3.05) is 6.61 Å². The van der Waals surface area contributed by atoms with Crippen molar-refractivity contribution >= 4 is 12.1 Å². The van der Waals surface area contributed by atoms with Crippen LogP contribution in [0.15, 0.2) is 30.3 Å². The van der Waals surface area contributed by atoms with Gasteiger partial charge in [-0.15, -0.1) is 0 Å². The Labute approximate surface area is 148 Å². The van der Waals surface area contributed by atoms with Crippen molar-refractivity contribution in [3.05, 3.63) is 35.9 Å². The first-order valence-electron chi connectivity index (χ1n) is 8.64. The van der Waals surface area contributed by atoms with Gasteiger partial charge in [0, 0.05) is 0 Å². The summed E-state index contributed by atoms with van der Waals surface area (Å²) in [6.45, 7) is 6.02. The van der Waals surface area contributed by atoms with Crippen LogP contribution in [-0.2, 0) is 25.6 Å². The average Bonchev–Trinajstić information content (AvgIpc) is 2.53. The molecule has 1 fully saturated rings. The van der Waals surface area contributed by atoms with Crippen LogP contribution in [0.4, 0.5) is 4.79 Å². The quantitative estimate of drug-likeness (QED) is 0.765. The second kappa shape index (κ2) is 8.85. The highest BCUT2D eigenvalue weighted by molar-refractivity contribution is 5.70. The molecule has 2 unspecified atom stereocenters. The van der Waals surface area contributed by atoms with E-state index >= 15 is 0 Å². The number of hydrogen-bond donors (Lipinski definition) is 1. The van der Waals surface area contributed by atoms with Crippen molar-refractivity contribution in [1.82, 2.24) is 5.32 Å². The van der Waals surface area contributed by atoms with Crippen molar-refractivity contribution in [1.29, 1.82) is 0 Å².